The summed E-state index contributed by atoms with van der Waals surface area (Å²) in [4.78, 5) is 4.11. The number of hydrogen-bond acceptors (Lipinski definition) is 3. The zero-order valence-corrected chi connectivity index (χ0v) is 10.1. The van der Waals surface area contributed by atoms with Crippen molar-refractivity contribution in [1.82, 2.24) is 10.3 Å². The van der Waals surface area contributed by atoms with Gasteiger partial charge in [0.25, 0.3) is 0 Å². The lowest BCUT2D eigenvalue weighted by Gasteiger charge is -2.14. The third-order valence-corrected chi connectivity index (χ3v) is 3.16. The molecule has 5 heteroatoms. The average Bonchev–Trinajstić information content (AvgIpc) is 2.82. The Labute approximate surface area is 102 Å². The van der Waals surface area contributed by atoms with E-state index in [0.29, 0.717) is 12.1 Å². The van der Waals surface area contributed by atoms with E-state index in [2.05, 4.69) is 10.3 Å². The Morgan fingerprint density at radius 2 is 2.24 bits per heavy atom. The van der Waals surface area contributed by atoms with Gasteiger partial charge < -0.3 is 5.32 Å². The summed E-state index contributed by atoms with van der Waals surface area (Å²) in [7, 11) is 0. The third kappa shape index (κ3) is 2.87. The number of halogens is 2. The standard InChI is InChI=1S/C12H12F2N2S/c1-8(15-5-9-6-17-7-16-9)10-3-2-4-11(13)12(10)14/h2-4,6-8,15H,5H2,1H3. The van der Waals surface area contributed by atoms with Gasteiger partial charge in [0.15, 0.2) is 11.6 Å². The van der Waals surface area contributed by atoms with E-state index in [9.17, 15) is 8.78 Å². The van der Waals surface area contributed by atoms with Gasteiger partial charge in [-0.1, -0.05) is 12.1 Å². The number of hydrogen-bond donors (Lipinski definition) is 1. The summed E-state index contributed by atoms with van der Waals surface area (Å²) in [5.41, 5.74) is 2.98. The van der Waals surface area contributed by atoms with E-state index < -0.39 is 11.6 Å². The monoisotopic (exact) mass is 254 g/mol. The highest BCUT2D eigenvalue weighted by Crippen LogP contribution is 2.19. The van der Waals surface area contributed by atoms with E-state index in [0.717, 1.165) is 11.8 Å². The minimum absolute atomic E-state index is 0.257. The molecule has 1 unspecified atom stereocenters. The number of benzene rings is 1. The Bertz CT molecular complexity index is 485. The van der Waals surface area contributed by atoms with Crippen LogP contribution in [-0.4, -0.2) is 4.98 Å². The molecule has 1 aromatic heterocycles. The molecule has 2 aromatic rings. The maximum Gasteiger partial charge on any atom is 0.163 e. The predicted octanol–water partition coefficient (Wildman–Crippen LogP) is 3.27. The van der Waals surface area contributed by atoms with Gasteiger partial charge >= 0.3 is 0 Å². The van der Waals surface area contributed by atoms with Crippen molar-refractivity contribution in [2.75, 3.05) is 0 Å². The quantitative estimate of drug-likeness (QED) is 0.905. The molecule has 17 heavy (non-hydrogen) atoms. The fraction of sp³-hybridized carbons (Fsp3) is 0.250. The second-order valence-electron chi connectivity index (χ2n) is 3.73. The van der Waals surface area contributed by atoms with Gasteiger partial charge in [-0.25, -0.2) is 13.8 Å². The van der Waals surface area contributed by atoms with Gasteiger partial charge in [0.05, 0.1) is 11.2 Å². The van der Waals surface area contributed by atoms with Crippen molar-refractivity contribution >= 4 is 11.3 Å². The Hall–Kier alpha value is -1.33. The van der Waals surface area contributed by atoms with Crippen LogP contribution in [0.2, 0.25) is 0 Å². The molecule has 1 aromatic carbocycles. The van der Waals surface area contributed by atoms with Gasteiger partial charge in [0.1, 0.15) is 0 Å². The summed E-state index contributed by atoms with van der Waals surface area (Å²) in [5.74, 6) is -1.60. The van der Waals surface area contributed by atoms with Gasteiger partial charge in [0, 0.05) is 23.5 Å². The highest BCUT2D eigenvalue weighted by atomic mass is 32.1. The number of rotatable bonds is 4. The molecule has 2 nitrogen and oxygen atoms in total. The van der Waals surface area contributed by atoms with Crippen LogP contribution in [0.25, 0.3) is 0 Å². The van der Waals surface area contributed by atoms with Gasteiger partial charge in [-0.15, -0.1) is 11.3 Å². The van der Waals surface area contributed by atoms with Crippen LogP contribution in [0, 0.1) is 11.6 Å². The molecule has 0 radical (unpaired) electrons. The Morgan fingerprint density at radius 1 is 1.41 bits per heavy atom. The summed E-state index contributed by atoms with van der Waals surface area (Å²) in [6.07, 6.45) is 0. The summed E-state index contributed by atoms with van der Waals surface area (Å²) < 4.78 is 26.5. The van der Waals surface area contributed by atoms with E-state index in [1.165, 1.54) is 17.4 Å². The molecule has 2 rings (SSSR count). The second-order valence-corrected chi connectivity index (χ2v) is 4.44. The largest absolute Gasteiger partial charge is 0.304 e. The molecule has 0 amide bonds. The Kier molecular flexibility index (Phi) is 3.81. The first-order chi connectivity index (χ1) is 8.18. The number of nitrogens with one attached hydrogen (secondary N) is 1. The van der Waals surface area contributed by atoms with Crippen molar-refractivity contribution in [3.8, 4) is 0 Å². The van der Waals surface area contributed by atoms with Crippen LogP contribution in [0.15, 0.2) is 29.1 Å². The molecule has 0 fully saturated rings. The highest BCUT2D eigenvalue weighted by Gasteiger charge is 2.13. The lowest BCUT2D eigenvalue weighted by molar-refractivity contribution is 0.472. The molecule has 0 aliphatic rings. The normalized spacial score (nSPS) is 12.6. The van der Waals surface area contributed by atoms with E-state index in [4.69, 9.17) is 0 Å². The van der Waals surface area contributed by atoms with E-state index in [1.807, 2.05) is 5.38 Å². The van der Waals surface area contributed by atoms with Crippen LogP contribution in [0.4, 0.5) is 8.78 Å². The van der Waals surface area contributed by atoms with E-state index in [-0.39, 0.29) is 6.04 Å². The summed E-state index contributed by atoms with van der Waals surface area (Å²) in [6.45, 7) is 2.34. The predicted molar refractivity (Wildman–Crippen MR) is 63.7 cm³/mol. The minimum Gasteiger partial charge on any atom is -0.304 e. The first-order valence-electron chi connectivity index (χ1n) is 5.23. The lowest BCUT2D eigenvalue weighted by atomic mass is 10.1. The van der Waals surface area contributed by atoms with Crippen molar-refractivity contribution in [3.63, 3.8) is 0 Å². The topological polar surface area (TPSA) is 24.9 Å². The van der Waals surface area contributed by atoms with E-state index in [1.54, 1.807) is 18.5 Å². The smallest absolute Gasteiger partial charge is 0.163 e. The fourth-order valence-electron chi connectivity index (χ4n) is 1.55. The average molecular weight is 254 g/mol. The molecular formula is C12H12F2N2S. The molecule has 0 aliphatic heterocycles. The number of thiazole rings is 1. The summed E-state index contributed by atoms with van der Waals surface area (Å²) in [6, 6.07) is 3.95. The van der Waals surface area contributed by atoms with Crippen molar-refractivity contribution in [1.29, 1.82) is 0 Å². The van der Waals surface area contributed by atoms with Crippen molar-refractivity contribution in [2.45, 2.75) is 19.5 Å². The fourth-order valence-corrected chi connectivity index (χ4v) is 2.11. The molecule has 1 atom stereocenters. The van der Waals surface area contributed by atoms with Crippen molar-refractivity contribution < 1.29 is 8.78 Å². The zero-order valence-electron chi connectivity index (χ0n) is 9.28. The Balaban J connectivity index is 2.04. The van der Waals surface area contributed by atoms with Crippen LogP contribution in [0.3, 0.4) is 0 Å². The lowest BCUT2D eigenvalue weighted by Crippen LogP contribution is -2.19. The van der Waals surface area contributed by atoms with Crippen LogP contribution in [0.5, 0.6) is 0 Å². The first-order valence-corrected chi connectivity index (χ1v) is 6.17. The molecule has 1 N–H and O–H groups in total. The number of nitrogens with zero attached hydrogens (tertiary/aromatic N) is 1. The molecule has 1 heterocycles. The SMILES string of the molecule is CC(NCc1cscn1)c1cccc(F)c1F. The maximum absolute atomic E-state index is 13.5. The maximum atomic E-state index is 13.5. The minimum atomic E-state index is -0.815. The van der Waals surface area contributed by atoms with Gasteiger partial charge in [-0.05, 0) is 13.0 Å². The van der Waals surface area contributed by atoms with Gasteiger partial charge in [0.2, 0.25) is 0 Å². The molecule has 0 saturated heterocycles. The number of aromatic nitrogens is 1. The van der Waals surface area contributed by atoms with Gasteiger partial charge in [-0.3, -0.25) is 0 Å². The highest BCUT2D eigenvalue weighted by molar-refractivity contribution is 7.07. The third-order valence-electron chi connectivity index (χ3n) is 2.52. The first kappa shape index (κ1) is 12.1. The van der Waals surface area contributed by atoms with E-state index >= 15 is 0 Å². The van der Waals surface area contributed by atoms with Crippen LogP contribution in [-0.2, 0) is 6.54 Å². The molecular weight excluding hydrogens is 242 g/mol. The van der Waals surface area contributed by atoms with Crippen molar-refractivity contribution in [3.05, 3.63) is 52.0 Å². The summed E-state index contributed by atoms with van der Waals surface area (Å²) >= 11 is 1.51. The molecule has 0 spiro atoms. The second kappa shape index (κ2) is 5.33. The molecule has 0 saturated carbocycles. The van der Waals surface area contributed by atoms with Gasteiger partial charge in [-0.2, -0.15) is 0 Å². The van der Waals surface area contributed by atoms with Crippen LogP contribution < -0.4 is 5.32 Å². The zero-order chi connectivity index (χ0) is 12.3. The molecule has 90 valence electrons. The van der Waals surface area contributed by atoms with Crippen molar-refractivity contribution in [2.24, 2.45) is 0 Å². The molecule has 0 bridgehead atoms. The van der Waals surface area contributed by atoms with Crippen LogP contribution in [0.1, 0.15) is 24.2 Å². The Morgan fingerprint density at radius 3 is 2.94 bits per heavy atom. The van der Waals surface area contributed by atoms with Crippen LogP contribution >= 0.6 is 11.3 Å². The molecule has 0 aliphatic carbocycles. The summed E-state index contributed by atoms with van der Waals surface area (Å²) in [5, 5.41) is 5.03.